The molecule has 6 rings (SSSR count). The Morgan fingerprint density at radius 1 is 1.00 bits per heavy atom. The minimum Gasteiger partial charge on any atom is -0.377 e. The summed E-state index contributed by atoms with van der Waals surface area (Å²) in [5.74, 6) is 4.11. The Hall–Kier alpha value is -1.59. The van der Waals surface area contributed by atoms with Gasteiger partial charge in [0.15, 0.2) is 12.3 Å². The first-order valence-electron chi connectivity index (χ1n) is 10.4. The number of nitrogens with one attached hydrogen (secondary N) is 1. The highest BCUT2D eigenvalue weighted by molar-refractivity contribution is 5.63. The van der Waals surface area contributed by atoms with E-state index in [-0.39, 0.29) is 18.6 Å². The van der Waals surface area contributed by atoms with Crippen molar-refractivity contribution in [2.75, 3.05) is 42.3 Å². The highest BCUT2D eigenvalue weighted by Crippen LogP contribution is 2.56. The first-order chi connectivity index (χ1) is 12.9. The van der Waals surface area contributed by atoms with Gasteiger partial charge >= 0.3 is 0 Å². The SMILES string of the molecule is CN(C)c1cc(NC23CC4CC(CC(C4)C2)C3)nc(N2C[C@@H](F)[C@@H](F)C2)c1. The van der Waals surface area contributed by atoms with Crippen molar-refractivity contribution in [2.45, 2.75) is 56.4 Å². The van der Waals surface area contributed by atoms with E-state index in [1.54, 1.807) is 4.90 Å². The standard InChI is InChI=1S/C21H30F2N4/c1-26(2)16-6-19(24-20(7-16)27-11-17(22)18(23)12-27)25-21-8-13-3-14(9-21)5-15(4-13)10-21/h6-7,13-15,17-18H,3-5,8-12H2,1-2H3,(H,24,25)/t13?,14?,15?,17-,18+,21?. The zero-order valence-corrected chi connectivity index (χ0v) is 16.3. The van der Waals surface area contributed by atoms with Gasteiger partial charge in [-0.2, -0.15) is 0 Å². The molecule has 2 atom stereocenters. The lowest BCUT2D eigenvalue weighted by Crippen LogP contribution is -2.54. The van der Waals surface area contributed by atoms with Crippen LogP contribution in [0.5, 0.6) is 0 Å². The molecule has 0 spiro atoms. The van der Waals surface area contributed by atoms with Crippen molar-refractivity contribution < 1.29 is 8.78 Å². The second-order valence-electron chi connectivity index (χ2n) is 9.72. The Morgan fingerprint density at radius 2 is 1.56 bits per heavy atom. The number of anilines is 3. The molecule has 1 N–H and O–H groups in total. The van der Waals surface area contributed by atoms with Crippen LogP contribution in [-0.2, 0) is 0 Å². The lowest BCUT2D eigenvalue weighted by Gasteiger charge is -2.57. The molecule has 4 aliphatic carbocycles. The van der Waals surface area contributed by atoms with Crippen LogP contribution in [-0.4, -0.2) is 50.1 Å². The van der Waals surface area contributed by atoms with Crippen LogP contribution in [0.25, 0.3) is 0 Å². The van der Waals surface area contributed by atoms with E-state index < -0.39 is 12.3 Å². The second-order valence-corrected chi connectivity index (χ2v) is 9.72. The summed E-state index contributed by atoms with van der Waals surface area (Å²) < 4.78 is 27.5. The van der Waals surface area contributed by atoms with Crippen molar-refractivity contribution in [1.82, 2.24) is 4.98 Å². The average Bonchev–Trinajstić information content (AvgIpc) is 2.92. The van der Waals surface area contributed by atoms with E-state index in [4.69, 9.17) is 4.98 Å². The molecular formula is C21H30F2N4. The minimum absolute atomic E-state index is 0.0852. The fourth-order valence-electron chi connectivity index (χ4n) is 6.43. The van der Waals surface area contributed by atoms with Crippen molar-refractivity contribution in [1.29, 1.82) is 0 Å². The van der Waals surface area contributed by atoms with E-state index in [0.29, 0.717) is 5.82 Å². The molecule has 0 aromatic carbocycles. The molecule has 27 heavy (non-hydrogen) atoms. The zero-order valence-electron chi connectivity index (χ0n) is 16.3. The fraction of sp³-hybridized carbons (Fsp3) is 0.762. The van der Waals surface area contributed by atoms with Crippen molar-refractivity contribution in [3.63, 3.8) is 0 Å². The lowest BCUT2D eigenvalue weighted by atomic mass is 9.53. The summed E-state index contributed by atoms with van der Waals surface area (Å²) in [6, 6.07) is 4.02. The van der Waals surface area contributed by atoms with Gasteiger partial charge in [0.1, 0.15) is 11.6 Å². The van der Waals surface area contributed by atoms with Gasteiger partial charge in [0.2, 0.25) is 0 Å². The number of pyridine rings is 1. The van der Waals surface area contributed by atoms with Crippen LogP contribution in [0.3, 0.4) is 0 Å². The molecular weight excluding hydrogens is 346 g/mol. The molecule has 4 nitrogen and oxygen atoms in total. The number of aromatic nitrogens is 1. The molecule has 1 aliphatic heterocycles. The van der Waals surface area contributed by atoms with E-state index >= 15 is 0 Å². The van der Waals surface area contributed by atoms with Crippen molar-refractivity contribution in [3.8, 4) is 0 Å². The number of hydrogen-bond acceptors (Lipinski definition) is 4. The van der Waals surface area contributed by atoms with E-state index in [0.717, 1.165) is 29.3 Å². The normalized spacial score (nSPS) is 39.9. The van der Waals surface area contributed by atoms with Gasteiger partial charge in [-0.25, -0.2) is 13.8 Å². The van der Waals surface area contributed by atoms with Gasteiger partial charge in [-0.15, -0.1) is 0 Å². The third kappa shape index (κ3) is 3.15. The van der Waals surface area contributed by atoms with Gasteiger partial charge in [-0.05, 0) is 56.3 Å². The van der Waals surface area contributed by atoms with Crippen molar-refractivity contribution >= 4 is 17.3 Å². The molecule has 5 aliphatic rings. The summed E-state index contributed by atoms with van der Waals surface area (Å²) in [5, 5.41) is 3.82. The lowest BCUT2D eigenvalue weighted by molar-refractivity contribution is 0.0105. The smallest absolute Gasteiger partial charge is 0.150 e. The summed E-state index contributed by atoms with van der Waals surface area (Å²) >= 11 is 0. The molecule has 4 bridgehead atoms. The first-order valence-corrected chi connectivity index (χ1v) is 10.4. The van der Waals surface area contributed by atoms with E-state index in [1.165, 1.54) is 38.5 Å². The number of alkyl halides is 2. The molecule has 0 unspecified atom stereocenters. The largest absolute Gasteiger partial charge is 0.377 e. The highest BCUT2D eigenvalue weighted by Gasteiger charge is 2.51. The Bertz CT molecular complexity index is 677. The van der Waals surface area contributed by atoms with Crippen molar-refractivity contribution in [2.24, 2.45) is 17.8 Å². The number of halogens is 2. The Labute approximate surface area is 160 Å². The predicted octanol–water partition coefficient (Wildman–Crippen LogP) is 4.02. The highest BCUT2D eigenvalue weighted by atomic mass is 19.2. The number of rotatable bonds is 4. The molecule has 0 radical (unpaired) electrons. The van der Waals surface area contributed by atoms with E-state index in [1.807, 2.05) is 25.1 Å². The van der Waals surface area contributed by atoms with Gasteiger partial charge in [-0.3, -0.25) is 0 Å². The summed E-state index contributed by atoms with van der Waals surface area (Å²) in [5.41, 5.74) is 1.19. The summed E-state index contributed by atoms with van der Waals surface area (Å²) in [6.07, 6.45) is 5.09. The summed E-state index contributed by atoms with van der Waals surface area (Å²) in [6.45, 7) is 0.170. The third-order valence-corrected chi connectivity index (χ3v) is 7.25. The van der Waals surface area contributed by atoms with Crippen LogP contribution in [0.4, 0.5) is 26.1 Å². The quantitative estimate of drug-likeness (QED) is 0.860. The fourth-order valence-corrected chi connectivity index (χ4v) is 6.43. The zero-order chi connectivity index (χ0) is 18.8. The Balaban J connectivity index is 1.44. The van der Waals surface area contributed by atoms with Crippen LogP contribution < -0.4 is 15.1 Å². The van der Waals surface area contributed by atoms with Gasteiger partial charge in [-0.1, -0.05) is 0 Å². The molecule has 5 fully saturated rings. The van der Waals surface area contributed by atoms with Crippen LogP contribution in [0, 0.1) is 17.8 Å². The maximum Gasteiger partial charge on any atom is 0.150 e. The summed E-state index contributed by atoms with van der Waals surface area (Å²) in [4.78, 5) is 8.57. The van der Waals surface area contributed by atoms with Gasteiger partial charge in [0, 0.05) is 37.5 Å². The van der Waals surface area contributed by atoms with Crippen LogP contribution in [0.2, 0.25) is 0 Å². The van der Waals surface area contributed by atoms with E-state index in [2.05, 4.69) is 11.4 Å². The average molecular weight is 376 g/mol. The van der Waals surface area contributed by atoms with Crippen LogP contribution in [0.15, 0.2) is 12.1 Å². The van der Waals surface area contributed by atoms with Gasteiger partial charge in [0.05, 0.1) is 13.1 Å². The van der Waals surface area contributed by atoms with Gasteiger partial charge < -0.3 is 15.1 Å². The third-order valence-electron chi connectivity index (χ3n) is 7.25. The number of nitrogens with zero attached hydrogens (tertiary/aromatic N) is 3. The second kappa shape index (κ2) is 6.21. The molecule has 1 saturated heterocycles. The molecule has 2 heterocycles. The maximum absolute atomic E-state index is 13.7. The monoisotopic (exact) mass is 376 g/mol. The Morgan fingerprint density at radius 3 is 2.07 bits per heavy atom. The van der Waals surface area contributed by atoms with Crippen LogP contribution in [0.1, 0.15) is 38.5 Å². The first kappa shape index (κ1) is 17.5. The minimum atomic E-state index is -1.42. The van der Waals surface area contributed by atoms with E-state index in [9.17, 15) is 8.78 Å². The molecule has 0 amide bonds. The topological polar surface area (TPSA) is 31.4 Å². The number of hydrogen-bond donors (Lipinski definition) is 1. The Kier molecular flexibility index (Phi) is 4.03. The molecule has 148 valence electrons. The molecule has 4 saturated carbocycles. The summed E-state index contributed by atoms with van der Waals surface area (Å²) in [7, 11) is 3.99. The molecule has 6 heteroatoms. The predicted molar refractivity (Wildman–Crippen MR) is 105 cm³/mol. The van der Waals surface area contributed by atoms with Crippen molar-refractivity contribution in [3.05, 3.63) is 12.1 Å². The molecule has 1 aromatic rings. The maximum atomic E-state index is 13.7. The van der Waals surface area contributed by atoms with Crippen LogP contribution >= 0.6 is 0 Å². The van der Waals surface area contributed by atoms with Gasteiger partial charge in [0.25, 0.3) is 0 Å². The molecule has 1 aromatic heterocycles.